The van der Waals surface area contributed by atoms with Gasteiger partial charge in [-0.15, -0.1) is 0 Å². The minimum Gasteiger partial charge on any atom is -0.458 e. The summed E-state index contributed by atoms with van der Waals surface area (Å²) in [6.45, 7) is 4.54. The fourth-order valence-corrected chi connectivity index (χ4v) is 3.95. The standard InChI is InChI=1S/C23H35N7O5/c1-14(13-34-3)35-23-28-18(22(32)26-8-11-33-2)12-19(29-23)30-9-6-15(7-10-30)17-5-4-16(24)20(27-17)21(25)31/h4-5,12,14-15,22,26,32H,6-11,13,24H2,1-3H3,(H2,25,31)/t14-,22?/m1/s1. The van der Waals surface area contributed by atoms with E-state index in [0.717, 1.165) is 18.5 Å². The van der Waals surface area contributed by atoms with E-state index in [4.69, 9.17) is 25.7 Å². The first-order valence-electron chi connectivity index (χ1n) is 11.6. The average molecular weight is 490 g/mol. The number of hydrogen-bond donors (Lipinski definition) is 4. The number of methoxy groups -OCH3 is 2. The van der Waals surface area contributed by atoms with E-state index >= 15 is 0 Å². The van der Waals surface area contributed by atoms with E-state index < -0.39 is 12.1 Å². The van der Waals surface area contributed by atoms with E-state index in [9.17, 15) is 9.90 Å². The molecule has 0 aliphatic carbocycles. The monoisotopic (exact) mass is 489 g/mol. The van der Waals surface area contributed by atoms with Crippen LogP contribution in [0.15, 0.2) is 18.2 Å². The molecule has 192 valence electrons. The first-order valence-corrected chi connectivity index (χ1v) is 11.6. The smallest absolute Gasteiger partial charge is 0.319 e. The molecular formula is C23H35N7O5. The lowest BCUT2D eigenvalue weighted by atomic mass is 9.92. The molecule has 1 fully saturated rings. The Kier molecular flexibility index (Phi) is 9.55. The summed E-state index contributed by atoms with van der Waals surface area (Å²) in [6.07, 6.45) is 0.317. The Labute approximate surface area is 205 Å². The lowest BCUT2D eigenvalue weighted by Crippen LogP contribution is -2.34. The Bertz CT molecular complexity index is 985. The number of piperidine rings is 1. The molecule has 0 saturated carbocycles. The van der Waals surface area contributed by atoms with Crippen LogP contribution in [0, 0.1) is 0 Å². The number of nitrogens with two attached hydrogens (primary N) is 2. The summed E-state index contributed by atoms with van der Waals surface area (Å²) in [5, 5.41) is 13.6. The molecular weight excluding hydrogens is 454 g/mol. The molecule has 2 aromatic rings. The van der Waals surface area contributed by atoms with Crippen LogP contribution in [-0.2, 0) is 9.47 Å². The number of aromatic nitrogens is 3. The second-order valence-electron chi connectivity index (χ2n) is 8.47. The van der Waals surface area contributed by atoms with Crippen molar-refractivity contribution < 1.29 is 24.1 Å². The molecule has 3 rings (SSSR count). The summed E-state index contributed by atoms with van der Waals surface area (Å²) < 4.78 is 16.0. The number of rotatable bonds is 12. The number of aliphatic hydroxyl groups excluding tert-OH is 1. The molecule has 0 radical (unpaired) electrons. The van der Waals surface area contributed by atoms with Crippen LogP contribution in [0.5, 0.6) is 6.01 Å². The summed E-state index contributed by atoms with van der Waals surface area (Å²) >= 11 is 0. The highest BCUT2D eigenvalue weighted by atomic mass is 16.5. The van der Waals surface area contributed by atoms with Gasteiger partial charge in [0.05, 0.1) is 24.6 Å². The number of primary amides is 1. The number of nitrogen functional groups attached to an aromatic ring is 1. The number of pyridine rings is 1. The number of aliphatic hydroxyl groups is 1. The SMILES string of the molecule is COCCNC(O)c1cc(N2CCC(c3ccc(N)c(C(N)=O)n3)CC2)nc(O[C@H](C)COC)n1. The normalized spacial score (nSPS) is 16.2. The largest absolute Gasteiger partial charge is 0.458 e. The van der Waals surface area contributed by atoms with Crippen molar-refractivity contribution in [2.45, 2.75) is 38.0 Å². The number of carbonyl (C=O) groups is 1. The van der Waals surface area contributed by atoms with Crippen molar-refractivity contribution in [3.63, 3.8) is 0 Å². The molecule has 1 saturated heterocycles. The van der Waals surface area contributed by atoms with Crippen LogP contribution >= 0.6 is 0 Å². The number of amides is 1. The van der Waals surface area contributed by atoms with Gasteiger partial charge < -0.3 is 35.7 Å². The molecule has 2 aromatic heterocycles. The zero-order chi connectivity index (χ0) is 25.4. The zero-order valence-electron chi connectivity index (χ0n) is 20.4. The summed E-state index contributed by atoms with van der Waals surface area (Å²) in [4.78, 5) is 27.1. The van der Waals surface area contributed by atoms with Crippen LogP contribution in [0.2, 0.25) is 0 Å². The van der Waals surface area contributed by atoms with Gasteiger partial charge in [-0.05, 0) is 31.9 Å². The van der Waals surface area contributed by atoms with Gasteiger partial charge in [0, 0.05) is 51.5 Å². The molecule has 1 aliphatic heterocycles. The molecule has 1 unspecified atom stereocenters. The van der Waals surface area contributed by atoms with Gasteiger partial charge >= 0.3 is 6.01 Å². The number of anilines is 2. The molecule has 2 atom stereocenters. The van der Waals surface area contributed by atoms with Crippen molar-refractivity contribution in [1.82, 2.24) is 20.3 Å². The van der Waals surface area contributed by atoms with E-state index in [2.05, 4.69) is 25.2 Å². The molecule has 12 heteroatoms. The van der Waals surface area contributed by atoms with Crippen LogP contribution in [0.4, 0.5) is 11.5 Å². The number of nitrogens with one attached hydrogen (secondary N) is 1. The third kappa shape index (κ3) is 7.21. The molecule has 1 amide bonds. The average Bonchev–Trinajstić information content (AvgIpc) is 2.84. The summed E-state index contributed by atoms with van der Waals surface area (Å²) in [5.41, 5.74) is 12.8. The number of hydrogen-bond acceptors (Lipinski definition) is 11. The van der Waals surface area contributed by atoms with E-state index in [1.54, 1.807) is 26.4 Å². The lowest BCUT2D eigenvalue weighted by molar-refractivity contribution is 0.0829. The second kappa shape index (κ2) is 12.6. The van der Waals surface area contributed by atoms with Crippen molar-refractivity contribution in [2.24, 2.45) is 5.73 Å². The van der Waals surface area contributed by atoms with E-state index in [1.807, 2.05) is 13.0 Å². The summed E-state index contributed by atoms with van der Waals surface area (Å²) in [5.74, 6) is 0.178. The van der Waals surface area contributed by atoms with Gasteiger partial charge in [0.15, 0.2) is 5.69 Å². The van der Waals surface area contributed by atoms with Crippen molar-refractivity contribution in [3.8, 4) is 6.01 Å². The maximum absolute atomic E-state index is 11.6. The predicted octanol–water partition coefficient (Wildman–Crippen LogP) is 0.577. The number of carbonyl (C=O) groups excluding carboxylic acids is 1. The molecule has 0 aromatic carbocycles. The highest BCUT2D eigenvalue weighted by Gasteiger charge is 2.25. The van der Waals surface area contributed by atoms with Gasteiger partial charge in [-0.2, -0.15) is 9.97 Å². The van der Waals surface area contributed by atoms with Gasteiger partial charge in [0.1, 0.15) is 18.1 Å². The van der Waals surface area contributed by atoms with Gasteiger partial charge in [0.2, 0.25) is 0 Å². The fourth-order valence-electron chi connectivity index (χ4n) is 3.95. The number of ether oxygens (including phenoxy) is 3. The molecule has 1 aliphatic rings. The van der Waals surface area contributed by atoms with E-state index in [1.165, 1.54) is 0 Å². The van der Waals surface area contributed by atoms with Crippen LogP contribution in [0.1, 0.15) is 53.8 Å². The van der Waals surface area contributed by atoms with Gasteiger partial charge in [-0.1, -0.05) is 0 Å². The molecule has 35 heavy (non-hydrogen) atoms. The number of nitrogens with zero attached hydrogens (tertiary/aromatic N) is 4. The highest BCUT2D eigenvalue weighted by Crippen LogP contribution is 2.31. The van der Waals surface area contributed by atoms with Crippen LogP contribution < -0.4 is 26.4 Å². The zero-order valence-corrected chi connectivity index (χ0v) is 20.4. The molecule has 0 bridgehead atoms. The summed E-state index contributed by atoms with van der Waals surface area (Å²) in [7, 11) is 3.19. The maximum Gasteiger partial charge on any atom is 0.319 e. The fraction of sp³-hybridized carbons (Fsp3) is 0.565. The molecule has 12 nitrogen and oxygen atoms in total. The van der Waals surface area contributed by atoms with E-state index in [0.29, 0.717) is 44.4 Å². The maximum atomic E-state index is 11.6. The second-order valence-corrected chi connectivity index (χ2v) is 8.47. The van der Waals surface area contributed by atoms with Crippen molar-refractivity contribution in [1.29, 1.82) is 0 Å². The minimum atomic E-state index is -1.00. The lowest BCUT2D eigenvalue weighted by Gasteiger charge is -2.33. The van der Waals surface area contributed by atoms with Gasteiger partial charge in [0.25, 0.3) is 5.91 Å². The van der Waals surface area contributed by atoms with Crippen LogP contribution in [-0.4, -0.2) is 79.1 Å². The minimum absolute atomic E-state index is 0.104. The molecule has 0 spiro atoms. The first kappa shape index (κ1) is 26.5. The van der Waals surface area contributed by atoms with E-state index in [-0.39, 0.29) is 29.4 Å². The third-order valence-corrected chi connectivity index (χ3v) is 5.76. The molecule has 3 heterocycles. The Balaban J connectivity index is 1.76. The first-order chi connectivity index (χ1) is 16.8. The quantitative estimate of drug-likeness (QED) is 0.243. The Morgan fingerprint density at radius 3 is 2.63 bits per heavy atom. The third-order valence-electron chi connectivity index (χ3n) is 5.76. The summed E-state index contributed by atoms with van der Waals surface area (Å²) in [6, 6.07) is 5.44. The Morgan fingerprint density at radius 1 is 1.23 bits per heavy atom. The predicted molar refractivity (Wildman–Crippen MR) is 130 cm³/mol. The van der Waals surface area contributed by atoms with Crippen molar-refractivity contribution in [3.05, 3.63) is 35.3 Å². The van der Waals surface area contributed by atoms with Crippen molar-refractivity contribution >= 4 is 17.4 Å². The van der Waals surface area contributed by atoms with Crippen LogP contribution in [0.25, 0.3) is 0 Å². The Hall–Kier alpha value is -3.06. The van der Waals surface area contributed by atoms with Gasteiger partial charge in [-0.3, -0.25) is 10.1 Å². The Morgan fingerprint density at radius 2 is 1.97 bits per heavy atom. The topological polar surface area (TPSA) is 171 Å². The van der Waals surface area contributed by atoms with Crippen molar-refractivity contribution in [2.75, 3.05) is 57.7 Å². The van der Waals surface area contributed by atoms with Gasteiger partial charge in [-0.25, -0.2) is 4.98 Å². The van der Waals surface area contributed by atoms with Crippen LogP contribution in [0.3, 0.4) is 0 Å². The molecule has 6 N–H and O–H groups in total. The highest BCUT2D eigenvalue weighted by molar-refractivity contribution is 5.95.